The van der Waals surface area contributed by atoms with Gasteiger partial charge in [0.1, 0.15) is 5.92 Å². The Morgan fingerprint density at radius 1 is 0.655 bits per heavy atom. The van der Waals surface area contributed by atoms with Crippen molar-refractivity contribution >= 4 is 35.0 Å². The maximum atomic E-state index is 13.2. The molecule has 0 aromatic heterocycles. The summed E-state index contributed by atoms with van der Waals surface area (Å²) in [4.78, 5) is 27.5. The van der Waals surface area contributed by atoms with Crippen molar-refractivity contribution in [3.05, 3.63) is 91.0 Å². The number of benzene rings is 3. The molecule has 0 N–H and O–H groups in total. The van der Waals surface area contributed by atoms with E-state index in [-0.39, 0.29) is 41.4 Å². The van der Waals surface area contributed by atoms with Crippen LogP contribution in [0.25, 0.3) is 0 Å². The molecule has 1 saturated heterocycles. The average molecular weight is 411 g/mol. The normalized spacial score (nSPS) is 14.2. The number of carbonyl (C=O) groups is 2. The summed E-state index contributed by atoms with van der Waals surface area (Å²) in [6.45, 7) is 0. The van der Waals surface area contributed by atoms with E-state index < -0.39 is 5.92 Å². The standard InChI is InChI=1S/C23H20N2O2S.Na/c26-22-21(16-17-28-20-14-8-3-9-15-20)23(27)25(19-12-6-2-7-13-19)24(22)18-10-4-1-5-11-18;/h1-15,21H,16-17H2;/q;+1. The number of anilines is 2. The molecular weight excluding hydrogens is 391 g/mol. The second-order valence-electron chi connectivity index (χ2n) is 6.47. The second-order valence-corrected chi connectivity index (χ2v) is 7.64. The van der Waals surface area contributed by atoms with Crippen molar-refractivity contribution in [3.8, 4) is 0 Å². The van der Waals surface area contributed by atoms with Crippen LogP contribution in [0.3, 0.4) is 0 Å². The van der Waals surface area contributed by atoms with Gasteiger partial charge in [0.25, 0.3) is 11.8 Å². The molecule has 1 heterocycles. The first kappa shape index (κ1) is 21.7. The van der Waals surface area contributed by atoms with Crippen molar-refractivity contribution < 1.29 is 39.1 Å². The van der Waals surface area contributed by atoms with Gasteiger partial charge in [-0.25, -0.2) is 10.0 Å². The van der Waals surface area contributed by atoms with E-state index in [0.29, 0.717) is 23.5 Å². The summed E-state index contributed by atoms with van der Waals surface area (Å²) in [6, 6.07) is 28.7. The van der Waals surface area contributed by atoms with Crippen LogP contribution in [-0.4, -0.2) is 17.6 Å². The minimum Gasteiger partial charge on any atom is -0.272 e. The maximum absolute atomic E-state index is 13.2. The van der Waals surface area contributed by atoms with Crippen LogP contribution in [0.1, 0.15) is 6.42 Å². The molecule has 4 rings (SSSR count). The van der Waals surface area contributed by atoms with Crippen LogP contribution in [0.15, 0.2) is 95.9 Å². The van der Waals surface area contributed by atoms with Gasteiger partial charge in [-0.2, -0.15) is 0 Å². The summed E-state index contributed by atoms with van der Waals surface area (Å²) < 4.78 is 0. The van der Waals surface area contributed by atoms with Crippen LogP contribution in [-0.2, 0) is 9.59 Å². The number of rotatable bonds is 6. The quantitative estimate of drug-likeness (QED) is 0.353. The van der Waals surface area contributed by atoms with Crippen LogP contribution in [0, 0.1) is 5.92 Å². The molecule has 140 valence electrons. The van der Waals surface area contributed by atoms with Gasteiger partial charge in [-0.15, -0.1) is 11.8 Å². The molecule has 2 amide bonds. The van der Waals surface area contributed by atoms with Crippen LogP contribution in [0.5, 0.6) is 0 Å². The Morgan fingerprint density at radius 2 is 1.07 bits per heavy atom. The number of nitrogens with zero attached hydrogens (tertiary/aromatic N) is 2. The summed E-state index contributed by atoms with van der Waals surface area (Å²) in [6.07, 6.45) is 0.504. The molecule has 0 spiro atoms. The number of hydrazine groups is 1. The molecule has 29 heavy (non-hydrogen) atoms. The summed E-state index contributed by atoms with van der Waals surface area (Å²) in [5.41, 5.74) is 1.39. The van der Waals surface area contributed by atoms with Crippen molar-refractivity contribution in [2.75, 3.05) is 15.8 Å². The van der Waals surface area contributed by atoms with E-state index in [2.05, 4.69) is 0 Å². The Labute approximate surface area is 197 Å². The van der Waals surface area contributed by atoms with Crippen molar-refractivity contribution in [2.45, 2.75) is 11.3 Å². The van der Waals surface area contributed by atoms with Gasteiger partial charge < -0.3 is 0 Å². The van der Waals surface area contributed by atoms with Gasteiger partial charge in [0.15, 0.2) is 0 Å². The van der Waals surface area contributed by atoms with Crippen LogP contribution in [0.4, 0.5) is 11.4 Å². The number of hydrogen-bond acceptors (Lipinski definition) is 3. The fraction of sp³-hybridized carbons (Fsp3) is 0.130. The number of hydrogen-bond donors (Lipinski definition) is 0. The molecule has 1 fully saturated rings. The molecule has 3 aromatic carbocycles. The molecule has 1 aliphatic rings. The first-order valence-electron chi connectivity index (χ1n) is 9.21. The Bertz CT molecular complexity index is 897. The fourth-order valence-corrected chi connectivity index (χ4v) is 4.22. The zero-order valence-corrected chi connectivity index (χ0v) is 19.1. The summed E-state index contributed by atoms with van der Waals surface area (Å²) in [7, 11) is 0. The van der Waals surface area contributed by atoms with Crippen LogP contribution >= 0.6 is 11.8 Å². The molecule has 1 aliphatic heterocycles. The molecule has 0 unspecified atom stereocenters. The van der Waals surface area contributed by atoms with Gasteiger partial charge in [0, 0.05) is 4.90 Å². The molecule has 0 saturated carbocycles. The molecular formula is C23H20N2NaO2S+. The summed E-state index contributed by atoms with van der Waals surface area (Å²) >= 11 is 1.66. The van der Waals surface area contributed by atoms with Crippen LogP contribution in [0.2, 0.25) is 0 Å². The zero-order valence-electron chi connectivity index (χ0n) is 16.3. The molecule has 0 radical (unpaired) electrons. The summed E-state index contributed by atoms with van der Waals surface area (Å²) in [5.74, 6) is -0.309. The summed E-state index contributed by atoms with van der Waals surface area (Å²) in [5, 5.41) is 3.02. The van der Waals surface area contributed by atoms with Gasteiger partial charge >= 0.3 is 29.6 Å². The molecule has 6 heteroatoms. The van der Waals surface area contributed by atoms with Crippen molar-refractivity contribution in [1.82, 2.24) is 0 Å². The third-order valence-electron chi connectivity index (χ3n) is 4.63. The van der Waals surface area contributed by atoms with E-state index in [1.165, 1.54) is 10.0 Å². The molecule has 4 nitrogen and oxygen atoms in total. The largest absolute Gasteiger partial charge is 1.00 e. The maximum Gasteiger partial charge on any atom is 1.00 e. The number of para-hydroxylation sites is 2. The van der Waals surface area contributed by atoms with E-state index >= 15 is 0 Å². The predicted molar refractivity (Wildman–Crippen MR) is 113 cm³/mol. The molecule has 3 aromatic rings. The van der Waals surface area contributed by atoms with E-state index in [1.807, 2.05) is 91.0 Å². The Kier molecular flexibility index (Phi) is 7.56. The third kappa shape index (κ3) is 4.75. The molecule has 0 aliphatic carbocycles. The van der Waals surface area contributed by atoms with Gasteiger partial charge in [0.05, 0.1) is 11.4 Å². The van der Waals surface area contributed by atoms with E-state index in [9.17, 15) is 9.59 Å². The number of amides is 2. The topological polar surface area (TPSA) is 40.6 Å². The van der Waals surface area contributed by atoms with Crippen molar-refractivity contribution in [3.63, 3.8) is 0 Å². The fourth-order valence-electron chi connectivity index (χ4n) is 3.28. The van der Waals surface area contributed by atoms with Gasteiger partial charge in [0.2, 0.25) is 0 Å². The Hall–Kier alpha value is -2.05. The minimum atomic E-state index is -0.670. The smallest absolute Gasteiger partial charge is 0.272 e. The average Bonchev–Trinajstić information content (AvgIpc) is 3.00. The number of thioether (sulfide) groups is 1. The zero-order chi connectivity index (χ0) is 19.3. The minimum absolute atomic E-state index is 0. The van der Waals surface area contributed by atoms with Crippen molar-refractivity contribution in [2.24, 2.45) is 5.92 Å². The number of carbonyl (C=O) groups excluding carboxylic acids is 2. The van der Waals surface area contributed by atoms with Crippen molar-refractivity contribution in [1.29, 1.82) is 0 Å². The first-order chi connectivity index (χ1) is 13.8. The molecule has 0 bridgehead atoms. The third-order valence-corrected chi connectivity index (χ3v) is 5.68. The molecule has 0 atom stereocenters. The van der Waals surface area contributed by atoms with Crippen LogP contribution < -0.4 is 39.6 Å². The Morgan fingerprint density at radius 3 is 1.52 bits per heavy atom. The van der Waals surface area contributed by atoms with E-state index in [4.69, 9.17) is 0 Å². The van der Waals surface area contributed by atoms with Gasteiger partial charge in [-0.3, -0.25) is 9.59 Å². The monoisotopic (exact) mass is 411 g/mol. The van der Waals surface area contributed by atoms with E-state index in [1.54, 1.807) is 11.8 Å². The first-order valence-corrected chi connectivity index (χ1v) is 10.2. The SMILES string of the molecule is O=C1C(CCSc2ccccc2)C(=O)N(c2ccccc2)N1c1ccccc1.[Na+]. The predicted octanol–water partition coefficient (Wildman–Crippen LogP) is 1.78. The Balaban J connectivity index is 0.00000240. The van der Waals surface area contributed by atoms with E-state index in [0.717, 1.165) is 4.90 Å². The second kappa shape index (κ2) is 10.1. The van der Waals surface area contributed by atoms with Gasteiger partial charge in [-0.05, 0) is 48.6 Å². The van der Waals surface area contributed by atoms with Gasteiger partial charge in [-0.1, -0.05) is 54.6 Å².